The van der Waals surface area contributed by atoms with Crippen LogP contribution in [0, 0.1) is 0 Å². The molecule has 1 aromatic carbocycles. The number of carbonyl (C=O) groups is 1. The highest BCUT2D eigenvalue weighted by Gasteiger charge is 2.20. The highest BCUT2D eigenvalue weighted by atomic mass is 35.5. The van der Waals surface area contributed by atoms with E-state index in [2.05, 4.69) is 0 Å². The molecule has 16 heavy (non-hydrogen) atoms. The number of carbonyl (C=O) groups excluding carboxylic acids is 1. The molecule has 0 atom stereocenters. The summed E-state index contributed by atoms with van der Waals surface area (Å²) in [6.07, 6.45) is 2.90. The average Bonchev–Trinajstić information content (AvgIpc) is 2.49. The number of aromatic hydroxyl groups is 1. The van der Waals surface area contributed by atoms with E-state index >= 15 is 0 Å². The van der Waals surface area contributed by atoms with Gasteiger partial charge in [0.25, 0.3) is 0 Å². The fourth-order valence-corrected chi connectivity index (χ4v) is 2.22. The summed E-state index contributed by atoms with van der Waals surface area (Å²) in [6, 6.07) is 5.13. The molecule has 0 saturated heterocycles. The number of aryl methyl sites for hydroxylation is 1. The molecule has 1 aliphatic rings. The molecule has 2 rings (SSSR count). The van der Waals surface area contributed by atoms with Crippen molar-refractivity contribution >= 4 is 23.2 Å². The quantitative estimate of drug-likeness (QED) is 0.764. The second-order valence-electron chi connectivity index (χ2n) is 3.95. The van der Waals surface area contributed by atoms with Gasteiger partial charge >= 0.3 is 0 Å². The summed E-state index contributed by atoms with van der Waals surface area (Å²) in [5.41, 5.74) is 1.91. The number of phenolic OH excluding ortho intramolecular Hbond substituents is 1. The van der Waals surface area contributed by atoms with Crippen molar-refractivity contribution in [1.29, 1.82) is 0 Å². The van der Waals surface area contributed by atoms with Gasteiger partial charge in [-0.1, -0.05) is 0 Å². The van der Waals surface area contributed by atoms with Crippen molar-refractivity contribution in [3.63, 3.8) is 0 Å². The first-order chi connectivity index (χ1) is 7.72. The zero-order chi connectivity index (χ0) is 11.5. The van der Waals surface area contributed by atoms with Gasteiger partial charge in [-0.2, -0.15) is 0 Å². The molecule has 0 aliphatic carbocycles. The average molecular weight is 240 g/mol. The maximum atomic E-state index is 11.7. The van der Waals surface area contributed by atoms with Crippen LogP contribution in [0.2, 0.25) is 0 Å². The minimum Gasteiger partial charge on any atom is -0.508 e. The molecule has 0 fully saturated rings. The number of halogens is 1. The number of alkyl halides is 1. The van der Waals surface area contributed by atoms with E-state index in [1.54, 1.807) is 23.1 Å². The SMILES string of the molecule is O=C(CCl)N1CCCCc2cc(O)ccc21. The van der Waals surface area contributed by atoms with Crippen LogP contribution in [0.1, 0.15) is 18.4 Å². The molecule has 0 spiro atoms. The standard InChI is InChI=1S/C12H14ClNO2/c13-8-12(16)14-6-2-1-3-9-7-10(15)4-5-11(9)14/h4-5,7,15H,1-3,6,8H2. The molecule has 1 amide bonds. The Hall–Kier alpha value is -1.22. The number of anilines is 1. The van der Waals surface area contributed by atoms with Gasteiger partial charge in [0, 0.05) is 12.2 Å². The maximum absolute atomic E-state index is 11.7. The molecule has 1 aliphatic heterocycles. The Morgan fingerprint density at radius 1 is 1.44 bits per heavy atom. The number of nitrogens with zero attached hydrogens (tertiary/aromatic N) is 1. The van der Waals surface area contributed by atoms with E-state index in [9.17, 15) is 9.90 Å². The maximum Gasteiger partial charge on any atom is 0.241 e. The molecule has 0 unspecified atom stereocenters. The van der Waals surface area contributed by atoms with Crippen molar-refractivity contribution in [1.82, 2.24) is 0 Å². The van der Waals surface area contributed by atoms with Crippen molar-refractivity contribution in [2.24, 2.45) is 0 Å². The van der Waals surface area contributed by atoms with Crippen LogP contribution < -0.4 is 4.90 Å². The fourth-order valence-electron chi connectivity index (χ4n) is 2.07. The Morgan fingerprint density at radius 2 is 2.25 bits per heavy atom. The van der Waals surface area contributed by atoms with Gasteiger partial charge in [0.05, 0.1) is 0 Å². The van der Waals surface area contributed by atoms with Crippen molar-refractivity contribution in [2.75, 3.05) is 17.3 Å². The highest BCUT2D eigenvalue weighted by molar-refractivity contribution is 6.29. The Labute approximate surface area is 99.6 Å². The lowest BCUT2D eigenvalue weighted by Gasteiger charge is -2.21. The summed E-state index contributed by atoms with van der Waals surface area (Å²) in [6.45, 7) is 0.712. The van der Waals surface area contributed by atoms with E-state index < -0.39 is 0 Å². The number of phenols is 1. The molecule has 1 N–H and O–H groups in total. The molecule has 1 aromatic rings. The Morgan fingerprint density at radius 3 is 3.00 bits per heavy atom. The van der Waals surface area contributed by atoms with Gasteiger partial charge in [-0.25, -0.2) is 0 Å². The van der Waals surface area contributed by atoms with Gasteiger partial charge in [0.15, 0.2) is 0 Å². The van der Waals surface area contributed by atoms with Crippen LogP contribution >= 0.6 is 11.6 Å². The minimum atomic E-state index is -0.0736. The Bertz CT molecular complexity index is 406. The lowest BCUT2D eigenvalue weighted by Crippen LogP contribution is -2.32. The first-order valence-corrected chi connectivity index (χ1v) is 5.94. The first kappa shape index (κ1) is 11.3. The normalized spacial score (nSPS) is 15.4. The molecule has 1 heterocycles. The van der Waals surface area contributed by atoms with E-state index in [1.165, 1.54) is 0 Å². The lowest BCUT2D eigenvalue weighted by molar-refractivity contribution is -0.116. The van der Waals surface area contributed by atoms with Gasteiger partial charge in [-0.3, -0.25) is 4.79 Å². The first-order valence-electron chi connectivity index (χ1n) is 5.40. The second kappa shape index (κ2) is 4.74. The zero-order valence-corrected chi connectivity index (χ0v) is 9.70. The van der Waals surface area contributed by atoms with Crippen LogP contribution in [-0.4, -0.2) is 23.4 Å². The smallest absolute Gasteiger partial charge is 0.241 e. The van der Waals surface area contributed by atoms with Crippen LogP contribution in [0.5, 0.6) is 5.75 Å². The molecule has 0 radical (unpaired) electrons. The van der Waals surface area contributed by atoms with Gasteiger partial charge in [0.2, 0.25) is 5.91 Å². The van der Waals surface area contributed by atoms with Crippen LogP contribution in [0.15, 0.2) is 18.2 Å². The number of amides is 1. The summed E-state index contributed by atoms with van der Waals surface area (Å²) >= 11 is 5.60. The number of hydrogen-bond acceptors (Lipinski definition) is 2. The van der Waals surface area contributed by atoms with Crippen LogP contribution in [-0.2, 0) is 11.2 Å². The lowest BCUT2D eigenvalue weighted by atomic mass is 10.1. The van der Waals surface area contributed by atoms with Gasteiger partial charge in [-0.15, -0.1) is 11.6 Å². The molecule has 4 heteroatoms. The number of benzene rings is 1. The Balaban J connectivity index is 2.40. The van der Waals surface area contributed by atoms with Crippen LogP contribution in [0.25, 0.3) is 0 Å². The van der Waals surface area contributed by atoms with Crippen LogP contribution in [0.4, 0.5) is 5.69 Å². The van der Waals surface area contributed by atoms with E-state index in [1.807, 2.05) is 0 Å². The molecule has 86 valence electrons. The topological polar surface area (TPSA) is 40.5 Å². The van der Waals surface area contributed by atoms with Gasteiger partial charge in [0.1, 0.15) is 11.6 Å². The summed E-state index contributed by atoms with van der Waals surface area (Å²) in [5.74, 6) is 0.176. The monoisotopic (exact) mass is 239 g/mol. The third-order valence-electron chi connectivity index (χ3n) is 2.85. The van der Waals surface area contributed by atoms with Crippen molar-refractivity contribution < 1.29 is 9.90 Å². The van der Waals surface area contributed by atoms with Crippen molar-refractivity contribution in [3.05, 3.63) is 23.8 Å². The van der Waals surface area contributed by atoms with Crippen LogP contribution in [0.3, 0.4) is 0 Å². The molecular formula is C12H14ClNO2. The summed E-state index contributed by atoms with van der Waals surface area (Å²) in [4.78, 5) is 13.4. The summed E-state index contributed by atoms with van der Waals surface area (Å²) in [7, 11) is 0. The van der Waals surface area contributed by atoms with Gasteiger partial charge < -0.3 is 10.0 Å². The third kappa shape index (κ3) is 2.14. The number of fused-ring (bicyclic) bond motifs is 1. The second-order valence-corrected chi connectivity index (χ2v) is 4.22. The highest BCUT2D eigenvalue weighted by Crippen LogP contribution is 2.29. The molecule has 0 saturated carbocycles. The summed E-state index contributed by atoms with van der Waals surface area (Å²) < 4.78 is 0. The summed E-state index contributed by atoms with van der Waals surface area (Å²) in [5, 5.41) is 9.43. The molecule has 0 bridgehead atoms. The van der Waals surface area contributed by atoms with Crippen molar-refractivity contribution in [3.8, 4) is 5.75 Å². The number of rotatable bonds is 1. The van der Waals surface area contributed by atoms with Crippen molar-refractivity contribution in [2.45, 2.75) is 19.3 Å². The van der Waals surface area contributed by atoms with E-state index in [-0.39, 0.29) is 17.5 Å². The fraction of sp³-hybridized carbons (Fsp3) is 0.417. The minimum absolute atomic E-state index is 0.000314. The number of hydrogen-bond donors (Lipinski definition) is 1. The van der Waals surface area contributed by atoms with E-state index in [0.717, 1.165) is 30.5 Å². The predicted molar refractivity (Wildman–Crippen MR) is 64.1 cm³/mol. The zero-order valence-electron chi connectivity index (χ0n) is 8.95. The third-order valence-corrected chi connectivity index (χ3v) is 3.08. The largest absolute Gasteiger partial charge is 0.508 e. The predicted octanol–water partition coefficient (Wildman–Crippen LogP) is 2.30. The molecular weight excluding hydrogens is 226 g/mol. The molecule has 0 aromatic heterocycles. The van der Waals surface area contributed by atoms with E-state index in [0.29, 0.717) is 6.54 Å². The Kier molecular flexibility index (Phi) is 3.34. The van der Waals surface area contributed by atoms with Gasteiger partial charge in [-0.05, 0) is 43.0 Å². The molecule has 3 nitrogen and oxygen atoms in total. The van der Waals surface area contributed by atoms with E-state index in [4.69, 9.17) is 11.6 Å².